The molecule has 1 saturated heterocycles. The molecule has 1 fully saturated rings. The minimum atomic E-state index is -3.80. The summed E-state index contributed by atoms with van der Waals surface area (Å²) in [5, 5.41) is 8.99. The van der Waals surface area contributed by atoms with Gasteiger partial charge in [0.2, 0.25) is 0 Å². The summed E-state index contributed by atoms with van der Waals surface area (Å²) in [6, 6.07) is 13.1. The summed E-state index contributed by atoms with van der Waals surface area (Å²) >= 11 is 5.93. The van der Waals surface area contributed by atoms with E-state index in [1.54, 1.807) is 18.2 Å². The molecule has 2 aromatic carbocycles. The molecule has 0 spiro atoms. The fourth-order valence-corrected chi connectivity index (χ4v) is 3.92. The van der Waals surface area contributed by atoms with Crippen molar-refractivity contribution in [2.45, 2.75) is 4.90 Å². The molecule has 0 radical (unpaired) electrons. The van der Waals surface area contributed by atoms with E-state index in [1.165, 1.54) is 18.2 Å². The van der Waals surface area contributed by atoms with Crippen LogP contribution in [0.25, 0.3) is 0 Å². The molecule has 0 bridgehead atoms. The molecule has 0 unspecified atom stereocenters. The summed E-state index contributed by atoms with van der Waals surface area (Å²) in [6.45, 7) is 2.84. The van der Waals surface area contributed by atoms with Crippen molar-refractivity contribution in [1.29, 1.82) is 5.26 Å². The van der Waals surface area contributed by atoms with Crippen LogP contribution in [0.3, 0.4) is 0 Å². The number of morpholine rings is 1. The lowest BCUT2D eigenvalue weighted by Gasteiger charge is -2.29. The van der Waals surface area contributed by atoms with Crippen molar-refractivity contribution in [3.05, 3.63) is 53.1 Å². The Hall–Kier alpha value is -2.27. The predicted octanol–water partition coefficient (Wildman–Crippen LogP) is 2.85. The molecule has 1 N–H and O–H groups in total. The van der Waals surface area contributed by atoms with E-state index in [4.69, 9.17) is 21.6 Å². The Morgan fingerprint density at radius 3 is 2.60 bits per heavy atom. The monoisotopic (exact) mass is 377 g/mol. The van der Waals surface area contributed by atoms with Crippen LogP contribution in [0.5, 0.6) is 0 Å². The first-order chi connectivity index (χ1) is 12.0. The van der Waals surface area contributed by atoms with Gasteiger partial charge in [-0.05, 0) is 36.4 Å². The lowest BCUT2D eigenvalue weighted by molar-refractivity contribution is 0.122. The second kappa shape index (κ2) is 7.31. The normalized spacial score (nSPS) is 14.8. The molecule has 0 aromatic heterocycles. The molecule has 6 nitrogen and oxygen atoms in total. The van der Waals surface area contributed by atoms with Crippen molar-refractivity contribution in [2.75, 3.05) is 35.9 Å². The van der Waals surface area contributed by atoms with E-state index in [1.807, 2.05) is 12.1 Å². The molecule has 2 aromatic rings. The molecule has 0 amide bonds. The highest BCUT2D eigenvalue weighted by molar-refractivity contribution is 7.92. The SMILES string of the molecule is N#Cc1ccc(S(=O)(=O)Nc2cccc(N3CCOCC3)c2)cc1Cl. The molecular weight excluding hydrogens is 362 g/mol. The molecule has 25 heavy (non-hydrogen) atoms. The Labute approximate surface area is 151 Å². The lowest BCUT2D eigenvalue weighted by atomic mass is 10.2. The second-order valence-corrected chi connectivity index (χ2v) is 7.60. The van der Waals surface area contributed by atoms with Crippen LogP contribution >= 0.6 is 11.6 Å². The Kier molecular flexibility index (Phi) is 5.13. The highest BCUT2D eigenvalue weighted by Crippen LogP contribution is 2.25. The number of anilines is 2. The highest BCUT2D eigenvalue weighted by atomic mass is 35.5. The van der Waals surface area contributed by atoms with Crippen LogP contribution in [0.15, 0.2) is 47.4 Å². The van der Waals surface area contributed by atoms with E-state index in [0.29, 0.717) is 18.9 Å². The van der Waals surface area contributed by atoms with Crippen LogP contribution in [0.4, 0.5) is 11.4 Å². The van der Waals surface area contributed by atoms with Gasteiger partial charge in [0.05, 0.1) is 34.4 Å². The van der Waals surface area contributed by atoms with E-state index in [9.17, 15) is 8.42 Å². The summed E-state index contributed by atoms with van der Waals surface area (Å²) in [7, 11) is -3.80. The average molecular weight is 378 g/mol. The average Bonchev–Trinajstić information content (AvgIpc) is 2.62. The number of halogens is 1. The lowest BCUT2D eigenvalue weighted by Crippen LogP contribution is -2.36. The third kappa shape index (κ3) is 4.04. The highest BCUT2D eigenvalue weighted by Gasteiger charge is 2.17. The van der Waals surface area contributed by atoms with E-state index in [2.05, 4.69) is 9.62 Å². The van der Waals surface area contributed by atoms with Gasteiger partial charge in [-0.25, -0.2) is 8.42 Å². The fraction of sp³-hybridized carbons (Fsp3) is 0.235. The number of ether oxygens (including phenoxy) is 1. The smallest absolute Gasteiger partial charge is 0.261 e. The first-order valence-corrected chi connectivity index (χ1v) is 9.51. The number of sulfonamides is 1. The number of benzene rings is 2. The zero-order valence-corrected chi connectivity index (χ0v) is 14.8. The third-order valence-corrected chi connectivity index (χ3v) is 5.54. The van der Waals surface area contributed by atoms with Crippen molar-refractivity contribution < 1.29 is 13.2 Å². The molecular formula is C17H16ClN3O3S. The largest absolute Gasteiger partial charge is 0.378 e. The Morgan fingerprint density at radius 1 is 1.16 bits per heavy atom. The van der Waals surface area contributed by atoms with E-state index in [-0.39, 0.29) is 15.5 Å². The summed E-state index contributed by atoms with van der Waals surface area (Å²) in [5.74, 6) is 0. The van der Waals surface area contributed by atoms with Crippen molar-refractivity contribution >= 4 is 33.0 Å². The van der Waals surface area contributed by atoms with Crippen LogP contribution < -0.4 is 9.62 Å². The summed E-state index contributed by atoms with van der Waals surface area (Å²) < 4.78 is 33.0. The van der Waals surface area contributed by atoms with Crippen molar-refractivity contribution in [2.24, 2.45) is 0 Å². The van der Waals surface area contributed by atoms with Gasteiger partial charge in [0.25, 0.3) is 10.0 Å². The second-order valence-electron chi connectivity index (χ2n) is 5.51. The predicted molar refractivity (Wildman–Crippen MR) is 96.4 cm³/mol. The number of hydrogen-bond donors (Lipinski definition) is 1. The van der Waals surface area contributed by atoms with E-state index in [0.717, 1.165) is 18.8 Å². The summed E-state index contributed by atoms with van der Waals surface area (Å²) in [6.07, 6.45) is 0. The Bertz CT molecular complexity index is 919. The first-order valence-electron chi connectivity index (χ1n) is 7.65. The third-order valence-electron chi connectivity index (χ3n) is 3.85. The molecule has 1 aliphatic heterocycles. The van der Waals surface area contributed by atoms with Crippen LogP contribution in [-0.4, -0.2) is 34.7 Å². The number of nitrogens with zero attached hydrogens (tertiary/aromatic N) is 2. The quantitative estimate of drug-likeness (QED) is 0.885. The van der Waals surface area contributed by atoms with Crippen LogP contribution in [0.2, 0.25) is 5.02 Å². The maximum absolute atomic E-state index is 12.6. The molecule has 3 rings (SSSR count). The van der Waals surface area contributed by atoms with Gasteiger partial charge >= 0.3 is 0 Å². The van der Waals surface area contributed by atoms with Gasteiger partial charge in [-0.15, -0.1) is 0 Å². The Morgan fingerprint density at radius 2 is 1.92 bits per heavy atom. The molecule has 130 valence electrons. The zero-order chi connectivity index (χ0) is 17.9. The molecule has 0 saturated carbocycles. The van der Waals surface area contributed by atoms with Crippen molar-refractivity contribution in [3.8, 4) is 6.07 Å². The number of hydrogen-bond acceptors (Lipinski definition) is 5. The van der Waals surface area contributed by atoms with E-state index < -0.39 is 10.0 Å². The van der Waals surface area contributed by atoms with Gasteiger partial charge in [0.1, 0.15) is 6.07 Å². The minimum Gasteiger partial charge on any atom is -0.378 e. The van der Waals surface area contributed by atoms with Gasteiger partial charge in [0.15, 0.2) is 0 Å². The van der Waals surface area contributed by atoms with Crippen molar-refractivity contribution in [3.63, 3.8) is 0 Å². The van der Waals surface area contributed by atoms with Gasteiger partial charge in [-0.3, -0.25) is 4.72 Å². The molecule has 8 heteroatoms. The maximum Gasteiger partial charge on any atom is 0.261 e. The summed E-state index contributed by atoms with van der Waals surface area (Å²) in [4.78, 5) is 2.15. The molecule has 0 aliphatic carbocycles. The van der Waals surface area contributed by atoms with Gasteiger partial charge in [-0.2, -0.15) is 5.26 Å². The topological polar surface area (TPSA) is 82.4 Å². The van der Waals surface area contributed by atoms with Gasteiger partial charge in [-0.1, -0.05) is 17.7 Å². The van der Waals surface area contributed by atoms with Crippen LogP contribution in [-0.2, 0) is 14.8 Å². The molecule has 0 atom stereocenters. The standard InChI is InChI=1S/C17H16ClN3O3S/c18-17-11-16(5-4-13(17)12-19)25(22,23)20-14-2-1-3-15(10-14)21-6-8-24-9-7-21/h1-5,10-11,20H,6-9H2. The maximum atomic E-state index is 12.6. The number of nitriles is 1. The van der Waals surface area contributed by atoms with Crippen molar-refractivity contribution in [1.82, 2.24) is 0 Å². The first kappa shape index (κ1) is 17.5. The van der Waals surface area contributed by atoms with Gasteiger partial charge in [0, 0.05) is 18.8 Å². The van der Waals surface area contributed by atoms with Crippen LogP contribution in [0.1, 0.15) is 5.56 Å². The fourth-order valence-electron chi connectivity index (χ4n) is 2.56. The Balaban J connectivity index is 1.83. The van der Waals surface area contributed by atoms with Gasteiger partial charge < -0.3 is 9.64 Å². The zero-order valence-electron chi connectivity index (χ0n) is 13.3. The molecule has 1 aliphatic rings. The number of nitrogens with one attached hydrogen (secondary N) is 1. The number of rotatable bonds is 4. The minimum absolute atomic E-state index is 0.00766. The molecule has 1 heterocycles. The van der Waals surface area contributed by atoms with E-state index >= 15 is 0 Å². The van der Waals surface area contributed by atoms with Crippen LogP contribution in [0, 0.1) is 11.3 Å². The summed E-state index contributed by atoms with van der Waals surface area (Å²) in [5.41, 5.74) is 1.63.